The first-order chi connectivity index (χ1) is 9.13. The van der Waals surface area contributed by atoms with E-state index in [1.165, 1.54) is 24.9 Å². The maximum absolute atomic E-state index is 5.85. The van der Waals surface area contributed by atoms with Crippen LogP contribution >= 0.6 is 0 Å². The fourth-order valence-corrected chi connectivity index (χ4v) is 2.96. The summed E-state index contributed by atoms with van der Waals surface area (Å²) in [4.78, 5) is 4.99. The minimum Gasteiger partial charge on any atom is -0.463 e. The summed E-state index contributed by atoms with van der Waals surface area (Å²) in [7, 11) is 2.22. The van der Waals surface area contributed by atoms with Crippen LogP contribution in [0.25, 0.3) is 0 Å². The van der Waals surface area contributed by atoms with E-state index < -0.39 is 0 Å². The van der Waals surface area contributed by atoms with Gasteiger partial charge in [-0.15, -0.1) is 0 Å². The van der Waals surface area contributed by atoms with Gasteiger partial charge in [0, 0.05) is 19.1 Å². The fraction of sp³-hybridized carbons (Fsp3) is 0.733. The molecule has 0 radical (unpaired) electrons. The van der Waals surface area contributed by atoms with Gasteiger partial charge in [0.25, 0.3) is 0 Å². The van der Waals surface area contributed by atoms with Gasteiger partial charge in [-0.25, -0.2) is 0 Å². The molecule has 0 aromatic carbocycles. The summed E-state index contributed by atoms with van der Waals surface area (Å²) in [5.41, 5.74) is 6.86. The molecule has 1 saturated heterocycles. The average molecular weight is 265 g/mol. The predicted octanol–water partition coefficient (Wildman–Crippen LogP) is 1.96. The number of hydrogen-bond acceptors (Lipinski definition) is 4. The zero-order chi connectivity index (χ0) is 13.8. The molecule has 1 aromatic heterocycles. The number of likely N-dealkylation sites (N-methyl/N-ethyl adjacent to an activating group) is 1. The van der Waals surface area contributed by atoms with Gasteiger partial charge in [-0.3, -0.25) is 4.90 Å². The van der Waals surface area contributed by atoms with Gasteiger partial charge in [0.15, 0.2) is 0 Å². The van der Waals surface area contributed by atoms with Gasteiger partial charge >= 0.3 is 0 Å². The summed E-state index contributed by atoms with van der Waals surface area (Å²) < 4.78 is 5.85. The maximum atomic E-state index is 5.85. The second kappa shape index (κ2) is 6.55. The molecule has 1 aliphatic rings. The Hall–Kier alpha value is -0.840. The van der Waals surface area contributed by atoms with Crippen molar-refractivity contribution in [1.29, 1.82) is 0 Å². The lowest BCUT2D eigenvalue weighted by atomic mass is 10.1. The van der Waals surface area contributed by atoms with Gasteiger partial charge in [-0.05, 0) is 45.0 Å². The van der Waals surface area contributed by atoms with Crippen molar-refractivity contribution in [2.45, 2.75) is 45.8 Å². The minimum atomic E-state index is 0.492. The molecule has 19 heavy (non-hydrogen) atoms. The number of hydrogen-bond donors (Lipinski definition) is 1. The van der Waals surface area contributed by atoms with Gasteiger partial charge < -0.3 is 15.1 Å². The zero-order valence-electron chi connectivity index (χ0n) is 12.5. The molecule has 1 fully saturated rings. The summed E-state index contributed by atoms with van der Waals surface area (Å²) in [6.45, 7) is 9.25. The van der Waals surface area contributed by atoms with Crippen LogP contribution in [0.4, 0.5) is 0 Å². The summed E-state index contributed by atoms with van der Waals surface area (Å²) in [6, 6.07) is 2.77. The van der Waals surface area contributed by atoms with E-state index in [0.29, 0.717) is 12.6 Å². The zero-order valence-corrected chi connectivity index (χ0v) is 12.5. The molecule has 0 spiro atoms. The standard InChI is InChI=1S/C15H27N3O/c1-4-13-10-17(3)6-5-7-18(13)11-14-8-12(2)15(9-16)19-14/h8,13H,4-7,9-11,16H2,1-3H3. The number of furan rings is 1. The molecule has 1 aliphatic heterocycles. The van der Waals surface area contributed by atoms with Crippen molar-refractivity contribution >= 4 is 0 Å². The van der Waals surface area contributed by atoms with Crippen molar-refractivity contribution in [2.24, 2.45) is 5.73 Å². The van der Waals surface area contributed by atoms with Crippen molar-refractivity contribution in [2.75, 3.05) is 26.7 Å². The first kappa shape index (κ1) is 14.6. The molecule has 1 aromatic rings. The molecule has 0 bridgehead atoms. The number of aryl methyl sites for hydroxylation is 1. The Balaban J connectivity index is 2.06. The molecule has 1 atom stereocenters. The van der Waals surface area contributed by atoms with Gasteiger partial charge in [-0.1, -0.05) is 6.92 Å². The lowest BCUT2D eigenvalue weighted by Gasteiger charge is -2.29. The first-order valence-corrected chi connectivity index (χ1v) is 7.34. The van der Waals surface area contributed by atoms with Crippen molar-refractivity contribution in [3.05, 3.63) is 23.2 Å². The van der Waals surface area contributed by atoms with Gasteiger partial charge in [0.05, 0.1) is 13.1 Å². The SMILES string of the molecule is CCC1CN(C)CCCN1Cc1cc(C)c(CN)o1. The molecule has 2 rings (SSSR count). The molecule has 1 unspecified atom stereocenters. The van der Waals surface area contributed by atoms with Crippen LogP contribution in [0, 0.1) is 6.92 Å². The summed E-state index contributed by atoms with van der Waals surface area (Å²) in [5, 5.41) is 0. The van der Waals surface area contributed by atoms with Crippen LogP contribution in [0.2, 0.25) is 0 Å². The third kappa shape index (κ3) is 3.59. The third-order valence-corrected chi connectivity index (χ3v) is 4.11. The lowest BCUT2D eigenvalue weighted by Crippen LogP contribution is -2.39. The highest BCUT2D eigenvalue weighted by atomic mass is 16.3. The second-order valence-corrected chi connectivity index (χ2v) is 5.67. The summed E-state index contributed by atoms with van der Waals surface area (Å²) in [6.07, 6.45) is 2.42. The Bertz CT molecular complexity index is 402. The van der Waals surface area contributed by atoms with E-state index >= 15 is 0 Å². The molecular weight excluding hydrogens is 238 g/mol. The summed E-state index contributed by atoms with van der Waals surface area (Å²) in [5.74, 6) is 1.98. The third-order valence-electron chi connectivity index (χ3n) is 4.11. The quantitative estimate of drug-likeness (QED) is 0.904. The molecule has 2 N–H and O–H groups in total. The molecule has 0 amide bonds. The second-order valence-electron chi connectivity index (χ2n) is 5.67. The minimum absolute atomic E-state index is 0.492. The van der Waals surface area contributed by atoms with Crippen LogP contribution in [-0.4, -0.2) is 42.5 Å². The maximum Gasteiger partial charge on any atom is 0.120 e. The Kier molecular flexibility index (Phi) is 5.02. The topological polar surface area (TPSA) is 45.6 Å². The molecular formula is C15H27N3O. The van der Waals surface area contributed by atoms with E-state index in [9.17, 15) is 0 Å². The molecule has 108 valence electrons. The number of nitrogens with zero attached hydrogens (tertiary/aromatic N) is 2. The number of rotatable bonds is 4. The first-order valence-electron chi connectivity index (χ1n) is 7.34. The van der Waals surface area contributed by atoms with Crippen molar-refractivity contribution in [3.63, 3.8) is 0 Å². The lowest BCUT2D eigenvalue weighted by molar-refractivity contribution is 0.163. The molecule has 4 nitrogen and oxygen atoms in total. The largest absolute Gasteiger partial charge is 0.463 e. The molecule has 4 heteroatoms. The van der Waals surface area contributed by atoms with Crippen molar-refractivity contribution in [3.8, 4) is 0 Å². The Labute approximate surface area is 116 Å². The number of nitrogens with two attached hydrogens (primary N) is 1. The normalized spacial score (nSPS) is 22.6. The molecule has 2 heterocycles. The van der Waals surface area contributed by atoms with Crippen LogP contribution in [-0.2, 0) is 13.1 Å². The van der Waals surface area contributed by atoms with E-state index in [2.05, 4.69) is 36.8 Å². The highest BCUT2D eigenvalue weighted by molar-refractivity contribution is 5.19. The van der Waals surface area contributed by atoms with Crippen LogP contribution in [0.3, 0.4) is 0 Å². The van der Waals surface area contributed by atoms with E-state index in [0.717, 1.165) is 31.2 Å². The van der Waals surface area contributed by atoms with E-state index in [1.807, 2.05) is 0 Å². The van der Waals surface area contributed by atoms with Gasteiger partial charge in [0.2, 0.25) is 0 Å². The van der Waals surface area contributed by atoms with Gasteiger partial charge in [0.1, 0.15) is 11.5 Å². The fourth-order valence-electron chi connectivity index (χ4n) is 2.96. The van der Waals surface area contributed by atoms with Crippen molar-refractivity contribution in [1.82, 2.24) is 9.80 Å². The van der Waals surface area contributed by atoms with Crippen LogP contribution < -0.4 is 5.73 Å². The predicted molar refractivity (Wildman–Crippen MR) is 77.9 cm³/mol. The van der Waals surface area contributed by atoms with Gasteiger partial charge in [-0.2, -0.15) is 0 Å². The average Bonchev–Trinajstić information content (AvgIpc) is 2.64. The van der Waals surface area contributed by atoms with Crippen molar-refractivity contribution < 1.29 is 4.42 Å². The highest BCUT2D eigenvalue weighted by Crippen LogP contribution is 2.19. The van der Waals surface area contributed by atoms with Crippen LogP contribution in [0.15, 0.2) is 10.5 Å². The van der Waals surface area contributed by atoms with Crippen LogP contribution in [0.5, 0.6) is 0 Å². The van der Waals surface area contributed by atoms with E-state index in [4.69, 9.17) is 10.2 Å². The van der Waals surface area contributed by atoms with Crippen LogP contribution in [0.1, 0.15) is 36.8 Å². The molecule has 0 saturated carbocycles. The Morgan fingerprint density at radius 3 is 2.84 bits per heavy atom. The monoisotopic (exact) mass is 265 g/mol. The van der Waals surface area contributed by atoms with E-state index in [1.54, 1.807) is 0 Å². The summed E-state index contributed by atoms with van der Waals surface area (Å²) >= 11 is 0. The Morgan fingerprint density at radius 2 is 2.21 bits per heavy atom. The Morgan fingerprint density at radius 1 is 1.42 bits per heavy atom. The smallest absolute Gasteiger partial charge is 0.120 e. The highest BCUT2D eigenvalue weighted by Gasteiger charge is 2.23. The van der Waals surface area contributed by atoms with E-state index in [-0.39, 0.29) is 0 Å². The molecule has 0 aliphatic carbocycles.